The summed E-state index contributed by atoms with van der Waals surface area (Å²) in [6.45, 7) is 8.28. The summed E-state index contributed by atoms with van der Waals surface area (Å²) in [7, 11) is 0. The maximum Gasteiger partial charge on any atom is 0.264 e. The number of aromatic nitrogens is 2. The number of benzene rings is 3. The first-order valence-electron chi connectivity index (χ1n) is 22.0. The van der Waals surface area contributed by atoms with E-state index in [2.05, 4.69) is 26.8 Å². The van der Waals surface area contributed by atoms with Gasteiger partial charge in [-0.15, -0.1) is 0 Å². The number of amides is 4. The zero-order valence-electron chi connectivity index (χ0n) is 35.2. The number of likely N-dealkylation sites (tertiary alicyclic amines) is 1. The summed E-state index contributed by atoms with van der Waals surface area (Å²) in [5, 5.41) is 2.61. The molecule has 1 unspecified atom stereocenters. The molecule has 1 aromatic heterocycles. The fraction of sp³-hybridized carbons (Fsp3) is 0.447. The van der Waals surface area contributed by atoms with Gasteiger partial charge in [-0.1, -0.05) is 35.8 Å². The van der Waals surface area contributed by atoms with Gasteiger partial charge in [-0.3, -0.25) is 24.5 Å². The van der Waals surface area contributed by atoms with Gasteiger partial charge in [-0.2, -0.15) is 0 Å². The molecule has 1 N–H and O–H groups in total. The van der Waals surface area contributed by atoms with E-state index in [0.29, 0.717) is 55.5 Å². The van der Waals surface area contributed by atoms with Crippen molar-refractivity contribution in [2.24, 2.45) is 11.8 Å². The van der Waals surface area contributed by atoms with Crippen LogP contribution in [0.4, 0.5) is 19.0 Å². The molecule has 3 saturated heterocycles. The topological polar surface area (TPSA) is 128 Å². The van der Waals surface area contributed by atoms with E-state index in [4.69, 9.17) is 27.9 Å². The van der Waals surface area contributed by atoms with Crippen LogP contribution >= 0.6 is 23.2 Å². The minimum atomic E-state index is -0.788. The van der Waals surface area contributed by atoms with Crippen molar-refractivity contribution in [3.8, 4) is 16.9 Å². The highest BCUT2D eigenvalue weighted by Crippen LogP contribution is 2.44. The number of rotatable bonds is 10. The van der Waals surface area contributed by atoms with Gasteiger partial charge >= 0.3 is 0 Å². The highest BCUT2D eigenvalue weighted by Gasteiger charge is 2.41. The Morgan fingerprint density at radius 1 is 0.891 bits per heavy atom. The van der Waals surface area contributed by atoms with Gasteiger partial charge in [-0.05, 0) is 117 Å². The highest BCUT2D eigenvalue weighted by atomic mass is 35.5. The predicted molar refractivity (Wildman–Crippen MR) is 235 cm³/mol. The molecule has 1 atom stereocenters. The minimum Gasteiger partial charge on any atom is -0.493 e. The van der Waals surface area contributed by atoms with E-state index >= 15 is 8.78 Å². The summed E-state index contributed by atoms with van der Waals surface area (Å²) in [4.78, 5) is 66.1. The summed E-state index contributed by atoms with van der Waals surface area (Å²) >= 11 is 12.6. The molecule has 1 aliphatic carbocycles. The van der Waals surface area contributed by atoms with Crippen LogP contribution in [0, 0.1) is 29.3 Å². The number of carbonyl (C=O) groups excluding carboxylic acids is 4. The van der Waals surface area contributed by atoms with Crippen molar-refractivity contribution in [1.82, 2.24) is 30.0 Å². The third-order valence-electron chi connectivity index (χ3n) is 13.8. The molecule has 5 heterocycles. The van der Waals surface area contributed by atoms with Crippen molar-refractivity contribution in [1.29, 1.82) is 0 Å². The normalized spacial score (nSPS) is 22.2. The van der Waals surface area contributed by atoms with E-state index in [1.54, 1.807) is 23.1 Å². The van der Waals surface area contributed by atoms with Crippen LogP contribution in [0.25, 0.3) is 22.0 Å². The number of nitrogens with zero attached hydrogens (tertiary/aromatic N) is 6. The first kappa shape index (κ1) is 44.0. The lowest BCUT2D eigenvalue weighted by Crippen LogP contribution is -2.52. The minimum absolute atomic E-state index is 0.0128. The van der Waals surface area contributed by atoms with Crippen LogP contribution in [0.2, 0.25) is 5.02 Å². The van der Waals surface area contributed by atoms with E-state index in [1.165, 1.54) is 29.4 Å². The molecule has 1 saturated carbocycles. The molecular formula is C47H48Cl2F3N7O5. The van der Waals surface area contributed by atoms with Gasteiger partial charge < -0.3 is 24.3 Å². The molecule has 64 heavy (non-hydrogen) atoms. The predicted octanol–water partition coefficient (Wildman–Crippen LogP) is 7.59. The number of halogens is 5. The van der Waals surface area contributed by atoms with Crippen molar-refractivity contribution in [2.75, 3.05) is 57.3 Å². The molecule has 0 spiro atoms. The van der Waals surface area contributed by atoms with Crippen LogP contribution in [0.15, 0.2) is 54.3 Å². The molecule has 0 bridgehead atoms. The Labute approximate surface area is 378 Å². The third kappa shape index (κ3) is 8.66. The average molecular weight is 919 g/mol. The Hall–Kier alpha value is -5.25. The molecule has 0 radical (unpaired) electrons. The molecule has 9 rings (SSSR count). The number of piperazine rings is 1. The van der Waals surface area contributed by atoms with E-state index in [0.717, 1.165) is 69.3 Å². The Morgan fingerprint density at radius 2 is 1.62 bits per heavy atom. The second-order valence-electron chi connectivity index (χ2n) is 17.6. The van der Waals surface area contributed by atoms with E-state index in [-0.39, 0.29) is 81.4 Å². The van der Waals surface area contributed by atoms with Crippen molar-refractivity contribution in [3.05, 3.63) is 93.5 Å². The molecular weight excluding hydrogens is 870 g/mol. The van der Waals surface area contributed by atoms with Gasteiger partial charge in [0.25, 0.3) is 11.8 Å². The van der Waals surface area contributed by atoms with E-state index < -0.39 is 29.4 Å². The van der Waals surface area contributed by atoms with Crippen molar-refractivity contribution in [3.63, 3.8) is 0 Å². The average Bonchev–Trinajstić information content (AvgIpc) is 3.61. The van der Waals surface area contributed by atoms with Gasteiger partial charge in [0.05, 0.1) is 22.2 Å². The molecule has 336 valence electrons. The number of hydrogen-bond acceptors (Lipinski definition) is 9. The van der Waals surface area contributed by atoms with Crippen LogP contribution in [-0.2, 0) is 20.9 Å². The smallest absolute Gasteiger partial charge is 0.264 e. The van der Waals surface area contributed by atoms with E-state index in [9.17, 15) is 23.6 Å². The molecule has 4 amide bonds. The molecule has 4 aromatic rings. The molecule has 5 aliphatic rings. The largest absolute Gasteiger partial charge is 0.493 e. The summed E-state index contributed by atoms with van der Waals surface area (Å²) in [5.41, 5.74) is 1.71. The molecule has 17 heteroatoms. The first-order chi connectivity index (χ1) is 30.8. The van der Waals surface area contributed by atoms with Crippen molar-refractivity contribution in [2.45, 2.75) is 69.9 Å². The monoisotopic (exact) mass is 917 g/mol. The molecule has 4 fully saturated rings. The van der Waals surface area contributed by atoms with Crippen LogP contribution in [0.3, 0.4) is 0 Å². The summed E-state index contributed by atoms with van der Waals surface area (Å²) in [5.74, 6) is -2.03. The lowest BCUT2D eigenvalue weighted by atomic mass is 9.81. The Balaban J connectivity index is 0.797. The van der Waals surface area contributed by atoms with Gasteiger partial charge in [0.15, 0.2) is 5.82 Å². The summed E-state index contributed by atoms with van der Waals surface area (Å²) in [6, 6.07) is 8.03. The number of hydrogen-bond donors (Lipinski definition) is 1. The SMILES string of the molecule is C=C(Cl)C(=O)N1CCN(c2ncnc3c(F)c(-c4c(F)cccc4OC[C@H]4CC[C@@H](CN5CCC(c6cc(F)cc7c6CN(C6CCC(=O)NC6=O)C7=O)CC5)CC4)c(Cl)cc23)CC1. The zero-order valence-corrected chi connectivity index (χ0v) is 36.7. The quantitative estimate of drug-likeness (QED) is 0.126. The zero-order chi connectivity index (χ0) is 44.8. The Kier molecular flexibility index (Phi) is 12.6. The Morgan fingerprint density at radius 3 is 2.34 bits per heavy atom. The molecule has 12 nitrogen and oxygen atoms in total. The lowest BCUT2D eigenvalue weighted by molar-refractivity contribution is -0.137. The van der Waals surface area contributed by atoms with Gasteiger partial charge in [-0.25, -0.2) is 23.1 Å². The lowest BCUT2D eigenvalue weighted by Gasteiger charge is -2.37. The third-order valence-corrected chi connectivity index (χ3v) is 14.2. The summed E-state index contributed by atoms with van der Waals surface area (Å²) in [6.07, 6.45) is 7.17. The second-order valence-corrected chi connectivity index (χ2v) is 18.5. The van der Waals surface area contributed by atoms with Crippen LogP contribution in [-0.4, -0.2) is 107 Å². The van der Waals surface area contributed by atoms with Crippen LogP contribution in [0.1, 0.15) is 78.8 Å². The van der Waals surface area contributed by atoms with Gasteiger partial charge in [0, 0.05) is 62.2 Å². The Bertz CT molecular complexity index is 2540. The second kappa shape index (κ2) is 18.3. The number of ether oxygens (including phenoxy) is 1. The number of anilines is 1. The summed E-state index contributed by atoms with van der Waals surface area (Å²) < 4.78 is 53.5. The standard InChI is InChI=1S/C47H48Cl2F3N7O5/c1-26(48)46(62)58-17-15-57(16-18-58)44-33-21-35(49)40(42(52)43(33)53-25-54-44)41-36(51)3-2-4-38(41)64-24-28-7-5-27(6-8-28)22-56-13-11-29(12-14-56)31-19-30(50)20-32-34(31)23-59(47(32)63)37-9-10-39(60)55-45(37)61/h2-4,19-21,25,27-29,37H,1,5-18,22-24H2,(H,55,60,61)/t27-,28+,37?. The molecule has 3 aromatic carbocycles. The van der Waals surface area contributed by atoms with Gasteiger partial charge in [0.1, 0.15) is 41.1 Å². The number of imide groups is 1. The first-order valence-corrected chi connectivity index (χ1v) is 22.7. The fourth-order valence-corrected chi connectivity index (χ4v) is 10.8. The van der Waals surface area contributed by atoms with Crippen molar-refractivity contribution < 1.29 is 37.1 Å². The maximum atomic E-state index is 16.6. The maximum absolute atomic E-state index is 16.6. The fourth-order valence-electron chi connectivity index (χ4n) is 10.4. The van der Waals surface area contributed by atoms with Crippen molar-refractivity contribution >= 4 is 63.6 Å². The highest BCUT2D eigenvalue weighted by molar-refractivity contribution is 6.41. The number of piperidine rings is 2. The van der Waals surface area contributed by atoms with Crippen LogP contribution < -0.4 is 15.0 Å². The number of fused-ring (bicyclic) bond motifs is 2. The number of carbonyl (C=O) groups is 4. The van der Waals surface area contributed by atoms with Crippen LogP contribution in [0.5, 0.6) is 5.75 Å². The van der Waals surface area contributed by atoms with Gasteiger partial charge in [0.2, 0.25) is 11.8 Å². The van der Waals surface area contributed by atoms with E-state index in [1.807, 2.05) is 4.90 Å². The number of nitrogens with one attached hydrogen (secondary N) is 1. The molecule has 4 aliphatic heterocycles.